The molecule has 1 aromatic carbocycles. The van der Waals surface area contributed by atoms with Crippen molar-refractivity contribution in [1.29, 1.82) is 0 Å². The number of carboxylic acids is 1. The number of nitrogens with zero attached hydrogens (tertiary/aromatic N) is 4. The van der Waals surface area contributed by atoms with Crippen molar-refractivity contribution >= 4 is 29.2 Å². The third-order valence-electron chi connectivity index (χ3n) is 2.69. The van der Waals surface area contributed by atoms with Gasteiger partial charge in [-0.25, -0.2) is 9.48 Å². The molecule has 1 aromatic heterocycles. The predicted octanol–water partition coefficient (Wildman–Crippen LogP) is 2.47. The zero-order valence-corrected chi connectivity index (χ0v) is 11.6. The number of rotatable bonds is 3. The zero-order valence-electron chi connectivity index (χ0n) is 10.1. The van der Waals surface area contributed by atoms with Crippen LogP contribution in [0.5, 0.6) is 0 Å². The van der Waals surface area contributed by atoms with Crippen molar-refractivity contribution in [2.75, 3.05) is 0 Å². The lowest BCUT2D eigenvalue weighted by Gasteiger charge is -2.20. The van der Waals surface area contributed by atoms with E-state index in [1.54, 1.807) is 18.2 Å². The Labute approximate surface area is 118 Å². The average Bonchev–Trinajstić information content (AvgIpc) is 2.78. The Balaban J connectivity index is 2.60. The highest BCUT2D eigenvalue weighted by atomic mass is 35.5. The van der Waals surface area contributed by atoms with Crippen LogP contribution in [0.15, 0.2) is 18.2 Å². The van der Waals surface area contributed by atoms with Gasteiger partial charge in [0, 0.05) is 10.6 Å². The Morgan fingerprint density at radius 1 is 1.37 bits per heavy atom. The summed E-state index contributed by atoms with van der Waals surface area (Å²) >= 11 is 11.9. The molecule has 6 nitrogen and oxygen atoms in total. The van der Waals surface area contributed by atoms with Crippen molar-refractivity contribution < 1.29 is 9.90 Å². The molecule has 0 aliphatic heterocycles. The van der Waals surface area contributed by atoms with Crippen molar-refractivity contribution in [3.8, 4) is 11.4 Å². The van der Waals surface area contributed by atoms with E-state index in [9.17, 15) is 9.90 Å². The lowest BCUT2D eigenvalue weighted by Crippen LogP contribution is -2.37. The Morgan fingerprint density at radius 3 is 2.63 bits per heavy atom. The first-order valence-electron chi connectivity index (χ1n) is 5.31. The molecule has 8 heteroatoms. The largest absolute Gasteiger partial charge is 0.479 e. The van der Waals surface area contributed by atoms with Crippen LogP contribution in [0.4, 0.5) is 0 Å². The molecule has 2 rings (SSSR count). The van der Waals surface area contributed by atoms with Gasteiger partial charge < -0.3 is 5.11 Å². The highest BCUT2D eigenvalue weighted by molar-refractivity contribution is 6.36. The summed E-state index contributed by atoms with van der Waals surface area (Å²) in [5.41, 5.74) is -0.771. The van der Waals surface area contributed by atoms with Crippen molar-refractivity contribution in [1.82, 2.24) is 20.2 Å². The predicted molar refractivity (Wildman–Crippen MR) is 70.2 cm³/mol. The van der Waals surface area contributed by atoms with Gasteiger partial charge in [0.2, 0.25) is 0 Å². The molecule has 0 atom stereocenters. The molecular weight excluding hydrogens is 291 g/mol. The Kier molecular flexibility index (Phi) is 3.47. The molecule has 0 saturated heterocycles. The molecule has 0 unspecified atom stereocenters. The number of aromatic nitrogens is 4. The van der Waals surface area contributed by atoms with E-state index >= 15 is 0 Å². The van der Waals surface area contributed by atoms with Gasteiger partial charge in [0.05, 0.1) is 5.02 Å². The van der Waals surface area contributed by atoms with E-state index in [4.69, 9.17) is 23.2 Å². The SMILES string of the molecule is CC(C)(C(=O)O)n1nnnc1-c1ccc(Cl)cc1Cl. The molecule has 1 heterocycles. The van der Waals surface area contributed by atoms with E-state index in [2.05, 4.69) is 15.5 Å². The summed E-state index contributed by atoms with van der Waals surface area (Å²) < 4.78 is 1.21. The lowest BCUT2D eigenvalue weighted by atomic mass is 10.1. The fourth-order valence-corrected chi connectivity index (χ4v) is 1.99. The molecule has 100 valence electrons. The first-order chi connectivity index (χ1) is 8.84. The maximum absolute atomic E-state index is 11.3. The van der Waals surface area contributed by atoms with Gasteiger partial charge in [-0.15, -0.1) is 5.10 Å². The van der Waals surface area contributed by atoms with Crippen LogP contribution in [0.25, 0.3) is 11.4 Å². The number of hydrogen-bond acceptors (Lipinski definition) is 4. The van der Waals surface area contributed by atoms with Gasteiger partial charge in [-0.2, -0.15) is 0 Å². The van der Waals surface area contributed by atoms with E-state index in [1.807, 2.05) is 0 Å². The topological polar surface area (TPSA) is 80.9 Å². The number of tetrazole rings is 1. The molecule has 0 fully saturated rings. The monoisotopic (exact) mass is 300 g/mol. The molecule has 0 radical (unpaired) electrons. The summed E-state index contributed by atoms with van der Waals surface area (Å²) in [6.45, 7) is 3.00. The summed E-state index contributed by atoms with van der Waals surface area (Å²) in [4.78, 5) is 11.3. The second-order valence-electron chi connectivity index (χ2n) is 4.40. The number of halogens is 2. The summed E-state index contributed by atoms with van der Waals surface area (Å²) in [6.07, 6.45) is 0. The molecule has 0 saturated carbocycles. The van der Waals surface area contributed by atoms with E-state index in [0.29, 0.717) is 15.6 Å². The van der Waals surface area contributed by atoms with Crippen LogP contribution < -0.4 is 0 Å². The minimum Gasteiger partial charge on any atom is -0.479 e. The van der Waals surface area contributed by atoms with Crippen LogP contribution in [-0.2, 0) is 10.3 Å². The van der Waals surface area contributed by atoms with Crippen molar-refractivity contribution in [3.63, 3.8) is 0 Å². The van der Waals surface area contributed by atoms with Crippen LogP contribution in [0.3, 0.4) is 0 Å². The zero-order chi connectivity index (χ0) is 14.2. The Hall–Kier alpha value is -1.66. The van der Waals surface area contributed by atoms with Crippen LogP contribution in [0.1, 0.15) is 13.8 Å². The minimum atomic E-state index is -1.29. The maximum Gasteiger partial charge on any atom is 0.331 e. The quantitative estimate of drug-likeness (QED) is 0.941. The molecule has 0 aliphatic rings. The number of benzene rings is 1. The number of carbonyl (C=O) groups is 1. The minimum absolute atomic E-state index is 0.272. The van der Waals surface area contributed by atoms with Crippen LogP contribution in [-0.4, -0.2) is 31.3 Å². The second kappa shape index (κ2) is 4.79. The molecule has 0 aliphatic carbocycles. The van der Waals surface area contributed by atoms with Crippen LogP contribution in [0, 0.1) is 0 Å². The summed E-state index contributed by atoms with van der Waals surface area (Å²) in [5, 5.41) is 21.1. The summed E-state index contributed by atoms with van der Waals surface area (Å²) in [7, 11) is 0. The summed E-state index contributed by atoms with van der Waals surface area (Å²) in [6, 6.07) is 4.82. The third kappa shape index (κ3) is 2.41. The molecule has 0 bridgehead atoms. The maximum atomic E-state index is 11.3. The Morgan fingerprint density at radius 2 is 2.05 bits per heavy atom. The normalized spacial score (nSPS) is 11.6. The highest BCUT2D eigenvalue weighted by Gasteiger charge is 2.34. The fourth-order valence-electron chi connectivity index (χ4n) is 1.49. The van der Waals surface area contributed by atoms with Gasteiger partial charge in [-0.1, -0.05) is 23.2 Å². The first kappa shape index (κ1) is 13.8. The molecular formula is C11H10Cl2N4O2. The number of carboxylic acid groups (broad SMARTS) is 1. The van der Waals surface area contributed by atoms with Crippen LogP contribution >= 0.6 is 23.2 Å². The molecule has 0 spiro atoms. The van der Waals surface area contributed by atoms with Crippen molar-refractivity contribution in [2.24, 2.45) is 0 Å². The highest BCUT2D eigenvalue weighted by Crippen LogP contribution is 2.30. The fraction of sp³-hybridized carbons (Fsp3) is 0.273. The van der Waals surface area contributed by atoms with Gasteiger partial charge in [0.1, 0.15) is 0 Å². The van der Waals surface area contributed by atoms with Crippen LogP contribution in [0.2, 0.25) is 10.0 Å². The van der Waals surface area contributed by atoms with E-state index in [-0.39, 0.29) is 5.82 Å². The van der Waals surface area contributed by atoms with Gasteiger partial charge in [-0.3, -0.25) is 0 Å². The molecule has 0 amide bonds. The van der Waals surface area contributed by atoms with Gasteiger partial charge in [0.25, 0.3) is 0 Å². The Bertz CT molecular complexity index is 639. The standard InChI is InChI=1S/C11H10Cl2N4O2/c1-11(2,10(18)19)17-9(14-15-16-17)7-4-3-6(12)5-8(7)13/h3-5H,1-2H3,(H,18,19). The van der Waals surface area contributed by atoms with E-state index < -0.39 is 11.5 Å². The third-order valence-corrected chi connectivity index (χ3v) is 3.24. The van der Waals surface area contributed by atoms with Crippen molar-refractivity contribution in [2.45, 2.75) is 19.4 Å². The van der Waals surface area contributed by atoms with Gasteiger partial charge in [0.15, 0.2) is 11.4 Å². The van der Waals surface area contributed by atoms with Gasteiger partial charge in [-0.05, 0) is 42.5 Å². The molecule has 2 aromatic rings. The second-order valence-corrected chi connectivity index (χ2v) is 5.25. The van der Waals surface area contributed by atoms with E-state index in [0.717, 1.165) is 0 Å². The lowest BCUT2D eigenvalue weighted by molar-refractivity contribution is -0.146. The molecule has 1 N–H and O–H groups in total. The van der Waals surface area contributed by atoms with E-state index in [1.165, 1.54) is 18.5 Å². The summed E-state index contributed by atoms with van der Waals surface area (Å²) in [5.74, 6) is -0.778. The number of aliphatic carboxylic acids is 1. The first-order valence-corrected chi connectivity index (χ1v) is 6.07. The van der Waals surface area contributed by atoms with Gasteiger partial charge >= 0.3 is 5.97 Å². The number of hydrogen-bond donors (Lipinski definition) is 1. The average molecular weight is 301 g/mol. The smallest absolute Gasteiger partial charge is 0.331 e. The van der Waals surface area contributed by atoms with Crippen molar-refractivity contribution in [3.05, 3.63) is 28.2 Å². The molecule has 19 heavy (non-hydrogen) atoms.